The van der Waals surface area contributed by atoms with Crippen molar-refractivity contribution in [3.8, 4) is 17.6 Å². The monoisotopic (exact) mass is 460 g/mol. The highest BCUT2D eigenvalue weighted by Gasteiger charge is 2.14. The number of nitrogens with one attached hydrogen (secondary N) is 1. The first kappa shape index (κ1) is 22.7. The van der Waals surface area contributed by atoms with Gasteiger partial charge in [0.25, 0.3) is 5.91 Å². The van der Waals surface area contributed by atoms with Gasteiger partial charge < -0.3 is 19.5 Å². The van der Waals surface area contributed by atoms with Crippen molar-refractivity contribution in [1.29, 1.82) is 5.26 Å². The van der Waals surface area contributed by atoms with Crippen molar-refractivity contribution in [2.24, 2.45) is 0 Å². The number of carbonyl (C=O) groups is 1. The Kier molecular flexibility index (Phi) is 8.97. The minimum absolute atomic E-state index is 0.165. The zero-order valence-electron chi connectivity index (χ0n) is 16.8. The van der Waals surface area contributed by atoms with Crippen LogP contribution in [-0.4, -0.2) is 25.2 Å². The molecule has 154 valence electrons. The van der Waals surface area contributed by atoms with Gasteiger partial charge in [-0.2, -0.15) is 5.26 Å². The SMILES string of the molecule is CCOc1cc(C#N)cc(Br)c1OCC(=O)NCc1cccc(COC(C)C)c1. The van der Waals surface area contributed by atoms with Crippen LogP contribution < -0.4 is 14.8 Å². The van der Waals surface area contributed by atoms with Gasteiger partial charge in [-0.25, -0.2) is 0 Å². The van der Waals surface area contributed by atoms with Crippen LogP contribution in [0, 0.1) is 11.3 Å². The lowest BCUT2D eigenvalue weighted by Crippen LogP contribution is -2.28. The van der Waals surface area contributed by atoms with E-state index in [1.54, 1.807) is 12.1 Å². The summed E-state index contributed by atoms with van der Waals surface area (Å²) in [6.07, 6.45) is 0.165. The first-order valence-corrected chi connectivity index (χ1v) is 10.2. The number of carbonyl (C=O) groups excluding carboxylic acids is 1. The van der Waals surface area contributed by atoms with Crippen molar-refractivity contribution in [3.63, 3.8) is 0 Å². The van der Waals surface area contributed by atoms with E-state index in [1.807, 2.05) is 45.0 Å². The third-order valence-electron chi connectivity index (χ3n) is 3.85. The average Bonchev–Trinajstić information content (AvgIpc) is 2.70. The highest BCUT2D eigenvalue weighted by molar-refractivity contribution is 9.10. The van der Waals surface area contributed by atoms with Crippen molar-refractivity contribution < 1.29 is 19.0 Å². The first-order valence-electron chi connectivity index (χ1n) is 9.38. The van der Waals surface area contributed by atoms with Crippen LogP contribution >= 0.6 is 15.9 Å². The zero-order chi connectivity index (χ0) is 21.2. The molecule has 0 spiro atoms. The van der Waals surface area contributed by atoms with Crippen LogP contribution in [0.2, 0.25) is 0 Å². The molecule has 7 heteroatoms. The van der Waals surface area contributed by atoms with Gasteiger partial charge in [0.05, 0.1) is 35.4 Å². The smallest absolute Gasteiger partial charge is 0.258 e. The van der Waals surface area contributed by atoms with Gasteiger partial charge >= 0.3 is 0 Å². The van der Waals surface area contributed by atoms with Gasteiger partial charge in [0.15, 0.2) is 18.1 Å². The number of benzene rings is 2. The molecule has 29 heavy (non-hydrogen) atoms. The summed E-state index contributed by atoms with van der Waals surface area (Å²) in [7, 11) is 0. The van der Waals surface area contributed by atoms with Gasteiger partial charge in [-0.1, -0.05) is 24.3 Å². The molecule has 0 saturated heterocycles. The van der Waals surface area contributed by atoms with E-state index >= 15 is 0 Å². The summed E-state index contributed by atoms with van der Waals surface area (Å²) in [6, 6.07) is 13.2. The van der Waals surface area contributed by atoms with Crippen LogP contribution in [0.5, 0.6) is 11.5 Å². The number of amides is 1. The normalized spacial score (nSPS) is 10.5. The minimum Gasteiger partial charge on any atom is -0.490 e. The van der Waals surface area contributed by atoms with Crippen LogP contribution in [0.25, 0.3) is 0 Å². The van der Waals surface area contributed by atoms with Gasteiger partial charge in [-0.3, -0.25) is 4.79 Å². The molecule has 0 bridgehead atoms. The predicted octanol–water partition coefficient (Wildman–Crippen LogP) is 4.34. The molecule has 0 aromatic heterocycles. The van der Waals surface area contributed by atoms with Gasteiger partial charge in [0, 0.05) is 12.6 Å². The molecular weight excluding hydrogens is 436 g/mol. The Bertz CT molecular complexity index is 878. The second-order valence-corrected chi connectivity index (χ2v) is 7.43. The number of halogens is 1. The molecule has 2 aromatic carbocycles. The number of nitrogens with zero attached hydrogens (tertiary/aromatic N) is 1. The molecule has 0 heterocycles. The predicted molar refractivity (Wildman–Crippen MR) is 114 cm³/mol. The van der Waals surface area contributed by atoms with Crippen molar-refractivity contribution in [1.82, 2.24) is 5.32 Å². The van der Waals surface area contributed by atoms with Crippen molar-refractivity contribution in [2.45, 2.75) is 40.0 Å². The Balaban J connectivity index is 1.92. The minimum atomic E-state index is -0.257. The van der Waals surface area contributed by atoms with Crippen molar-refractivity contribution in [3.05, 3.63) is 57.6 Å². The molecule has 2 rings (SSSR count). The molecule has 0 saturated carbocycles. The second-order valence-electron chi connectivity index (χ2n) is 6.58. The van der Waals surface area contributed by atoms with Gasteiger partial charge in [-0.05, 0) is 53.9 Å². The Morgan fingerprint density at radius 3 is 2.66 bits per heavy atom. The standard InChI is InChI=1S/C22H25BrN2O4/c1-4-27-20-10-18(11-24)9-19(23)22(20)29-14-21(26)25-12-16-6-5-7-17(8-16)13-28-15(2)3/h5-10,15H,4,12-14H2,1-3H3,(H,25,26). The first-order chi connectivity index (χ1) is 13.9. The second kappa shape index (κ2) is 11.4. The highest BCUT2D eigenvalue weighted by atomic mass is 79.9. The lowest BCUT2D eigenvalue weighted by Gasteiger charge is -2.14. The summed E-state index contributed by atoms with van der Waals surface area (Å²) >= 11 is 3.37. The van der Waals surface area contributed by atoms with Crippen LogP contribution in [0.15, 0.2) is 40.9 Å². The summed E-state index contributed by atoms with van der Waals surface area (Å²) in [6.45, 7) is 7.01. The van der Waals surface area contributed by atoms with Crippen LogP contribution in [-0.2, 0) is 22.7 Å². The lowest BCUT2D eigenvalue weighted by molar-refractivity contribution is -0.123. The molecule has 0 atom stereocenters. The highest BCUT2D eigenvalue weighted by Crippen LogP contribution is 2.36. The molecule has 0 unspecified atom stereocenters. The largest absolute Gasteiger partial charge is 0.490 e. The van der Waals surface area contributed by atoms with Gasteiger partial charge in [0.2, 0.25) is 0 Å². The molecule has 0 fully saturated rings. The molecule has 0 aliphatic carbocycles. The van der Waals surface area contributed by atoms with E-state index in [9.17, 15) is 4.79 Å². The van der Waals surface area contributed by atoms with E-state index < -0.39 is 0 Å². The number of rotatable bonds is 10. The lowest BCUT2D eigenvalue weighted by atomic mass is 10.1. The molecule has 1 amide bonds. The van der Waals surface area contributed by atoms with Crippen LogP contribution in [0.1, 0.15) is 37.5 Å². The molecule has 0 aliphatic rings. The maximum absolute atomic E-state index is 12.2. The topological polar surface area (TPSA) is 80.6 Å². The van der Waals surface area contributed by atoms with E-state index in [2.05, 4.69) is 27.3 Å². The van der Waals surface area contributed by atoms with Gasteiger partial charge in [-0.15, -0.1) is 0 Å². The van der Waals surface area contributed by atoms with E-state index in [4.69, 9.17) is 19.5 Å². The zero-order valence-corrected chi connectivity index (χ0v) is 18.4. The Hall–Kier alpha value is -2.56. The summed E-state index contributed by atoms with van der Waals surface area (Å²) in [5.41, 5.74) is 2.49. The molecule has 0 radical (unpaired) electrons. The van der Waals surface area contributed by atoms with E-state index in [-0.39, 0.29) is 18.6 Å². The Morgan fingerprint density at radius 1 is 1.21 bits per heavy atom. The van der Waals surface area contributed by atoms with E-state index in [1.165, 1.54) is 0 Å². The number of hydrogen-bond acceptors (Lipinski definition) is 5. The Labute approximate surface area is 179 Å². The number of hydrogen-bond donors (Lipinski definition) is 1. The average molecular weight is 461 g/mol. The maximum atomic E-state index is 12.2. The summed E-state index contributed by atoms with van der Waals surface area (Å²) in [4.78, 5) is 12.2. The molecule has 1 N–H and O–H groups in total. The molecule has 6 nitrogen and oxygen atoms in total. The van der Waals surface area contributed by atoms with E-state index in [0.29, 0.717) is 41.3 Å². The molecule has 2 aromatic rings. The third kappa shape index (κ3) is 7.41. The van der Waals surface area contributed by atoms with Gasteiger partial charge in [0.1, 0.15) is 0 Å². The van der Waals surface area contributed by atoms with E-state index in [0.717, 1.165) is 11.1 Å². The van der Waals surface area contributed by atoms with Crippen LogP contribution in [0.3, 0.4) is 0 Å². The summed E-state index contributed by atoms with van der Waals surface area (Å²) in [5.74, 6) is 0.561. The fourth-order valence-electron chi connectivity index (χ4n) is 2.52. The molecule has 0 aliphatic heterocycles. The quantitative estimate of drug-likeness (QED) is 0.570. The van der Waals surface area contributed by atoms with Crippen molar-refractivity contribution >= 4 is 21.8 Å². The molecular formula is C22H25BrN2O4. The van der Waals surface area contributed by atoms with Crippen molar-refractivity contribution in [2.75, 3.05) is 13.2 Å². The fourth-order valence-corrected chi connectivity index (χ4v) is 3.07. The Morgan fingerprint density at radius 2 is 1.97 bits per heavy atom. The number of ether oxygens (including phenoxy) is 3. The fraction of sp³-hybridized carbons (Fsp3) is 0.364. The third-order valence-corrected chi connectivity index (χ3v) is 4.44. The van der Waals surface area contributed by atoms with Crippen LogP contribution in [0.4, 0.5) is 0 Å². The number of nitriles is 1. The summed E-state index contributed by atoms with van der Waals surface area (Å²) < 4.78 is 17.3. The summed E-state index contributed by atoms with van der Waals surface area (Å²) in [5, 5.41) is 11.9. The maximum Gasteiger partial charge on any atom is 0.258 e.